The van der Waals surface area contributed by atoms with E-state index < -0.39 is 0 Å². The fraction of sp³-hybridized carbons (Fsp3) is 0.571. The second-order valence-electron chi connectivity index (χ2n) is 4.88. The summed E-state index contributed by atoms with van der Waals surface area (Å²) in [4.78, 5) is 15.7. The van der Waals surface area contributed by atoms with Gasteiger partial charge >= 0.3 is 0 Å². The van der Waals surface area contributed by atoms with Crippen LogP contribution in [-0.2, 0) is 11.2 Å². The van der Waals surface area contributed by atoms with Crippen molar-refractivity contribution in [3.05, 3.63) is 30.1 Å². The maximum absolute atomic E-state index is 11.7. The number of pyridine rings is 1. The Morgan fingerprint density at radius 2 is 2.50 bits per heavy atom. The van der Waals surface area contributed by atoms with Gasteiger partial charge in [0.25, 0.3) is 0 Å². The van der Waals surface area contributed by atoms with E-state index in [4.69, 9.17) is 0 Å². The number of hydrogen-bond donors (Lipinski definition) is 2. The molecule has 1 fully saturated rings. The lowest BCUT2D eigenvalue weighted by atomic mass is 10.00. The van der Waals surface area contributed by atoms with Gasteiger partial charge in [-0.2, -0.15) is 0 Å². The maximum Gasteiger partial charge on any atom is 0.220 e. The first kappa shape index (κ1) is 13.0. The summed E-state index contributed by atoms with van der Waals surface area (Å²) in [6, 6.07) is 3.91. The van der Waals surface area contributed by atoms with Gasteiger partial charge in [0.1, 0.15) is 0 Å². The summed E-state index contributed by atoms with van der Waals surface area (Å²) >= 11 is 0. The van der Waals surface area contributed by atoms with Gasteiger partial charge in [0.15, 0.2) is 0 Å². The molecular formula is C14H21N3O. The van der Waals surface area contributed by atoms with Crippen molar-refractivity contribution in [1.82, 2.24) is 15.6 Å². The zero-order valence-corrected chi connectivity index (χ0v) is 10.7. The Labute approximate surface area is 108 Å². The van der Waals surface area contributed by atoms with Crippen molar-refractivity contribution < 1.29 is 4.79 Å². The summed E-state index contributed by atoms with van der Waals surface area (Å²) < 4.78 is 0. The molecule has 1 aromatic heterocycles. The number of nitrogens with one attached hydrogen (secondary N) is 2. The van der Waals surface area contributed by atoms with Gasteiger partial charge in [-0.15, -0.1) is 0 Å². The quantitative estimate of drug-likeness (QED) is 0.820. The van der Waals surface area contributed by atoms with Gasteiger partial charge in [-0.25, -0.2) is 0 Å². The zero-order valence-electron chi connectivity index (χ0n) is 10.7. The summed E-state index contributed by atoms with van der Waals surface area (Å²) in [5, 5.41) is 6.38. The Morgan fingerprint density at radius 3 is 3.22 bits per heavy atom. The summed E-state index contributed by atoms with van der Waals surface area (Å²) in [5.41, 5.74) is 1.12. The van der Waals surface area contributed by atoms with Crippen LogP contribution >= 0.6 is 0 Å². The first-order valence-electron chi connectivity index (χ1n) is 6.71. The molecule has 2 heterocycles. The molecule has 1 aliphatic heterocycles. The molecule has 1 saturated heterocycles. The van der Waals surface area contributed by atoms with Gasteiger partial charge in [0.2, 0.25) is 5.91 Å². The van der Waals surface area contributed by atoms with Crippen molar-refractivity contribution in [2.24, 2.45) is 5.92 Å². The number of carbonyl (C=O) groups excluding carboxylic acids is 1. The minimum Gasteiger partial charge on any atom is -0.356 e. The molecule has 98 valence electrons. The Kier molecular flexibility index (Phi) is 5.15. The largest absolute Gasteiger partial charge is 0.356 e. The third-order valence-electron chi connectivity index (χ3n) is 3.35. The van der Waals surface area contributed by atoms with E-state index >= 15 is 0 Å². The standard InChI is InChI=1S/C14H21N3O/c18-14(6-5-12-3-1-7-15-9-12)17-11-13-4-2-8-16-10-13/h1,3,7,9,13,16H,2,4-6,8,10-11H2,(H,17,18). The molecule has 0 radical (unpaired) electrons. The minimum absolute atomic E-state index is 0.143. The first-order chi connectivity index (χ1) is 8.84. The lowest BCUT2D eigenvalue weighted by molar-refractivity contribution is -0.121. The summed E-state index contributed by atoms with van der Waals surface area (Å²) in [6.07, 6.45) is 7.32. The highest BCUT2D eigenvalue weighted by molar-refractivity contribution is 5.76. The van der Waals surface area contributed by atoms with E-state index in [1.165, 1.54) is 12.8 Å². The molecule has 1 amide bonds. The van der Waals surface area contributed by atoms with E-state index in [-0.39, 0.29) is 5.91 Å². The third-order valence-corrected chi connectivity index (χ3v) is 3.35. The van der Waals surface area contributed by atoms with Crippen LogP contribution in [-0.4, -0.2) is 30.5 Å². The Hall–Kier alpha value is -1.42. The zero-order chi connectivity index (χ0) is 12.6. The SMILES string of the molecule is O=C(CCc1cccnc1)NCC1CCCNC1. The molecule has 0 spiro atoms. The fourth-order valence-corrected chi connectivity index (χ4v) is 2.25. The lowest BCUT2D eigenvalue weighted by Gasteiger charge is -2.22. The van der Waals surface area contributed by atoms with Crippen LogP contribution in [0.4, 0.5) is 0 Å². The highest BCUT2D eigenvalue weighted by Crippen LogP contribution is 2.08. The molecule has 2 N–H and O–H groups in total. The molecule has 1 atom stereocenters. The highest BCUT2D eigenvalue weighted by atomic mass is 16.1. The number of rotatable bonds is 5. The third kappa shape index (κ3) is 4.45. The molecule has 4 heteroatoms. The molecular weight excluding hydrogens is 226 g/mol. The maximum atomic E-state index is 11.7. The molecule has 1 aliphatic rings. The van der Waals surface area contributed by atoms with Crippen LogP contribution in [0.25, 0.3) is 0 Å². The van der Waals surface area contributed by atoms with Gasteiger partial charge in [0.05, 0.1) is 0 Å². The van der Waals surface area contributed by atoms with Gasteiger partial charge in [-0.3, -0.25) is 9.78 Å². The number of amides is 1. The van der Waals surface area contributed by atoms with E-state index in [1.807, 2.05) is 18.3 Å². The van der Waals surface area contributed by atoms with Crippen molar-refractivity contribution in [3.63, 3.8) is 0 Å². The van der Waals surface area contributed by atoms with E-state index in [0.29, 0.717) is 12.3 Å². The van der Waals surface area contributed by atoms with Crippen LogP contribution in [0.5, 0.6) is 0 Å². The first-order valence-corrected chi connectivity index (χ1v) is 6.71. The monoisotopic (exact) mass is 247 g/mol. The van der Waals surface area contributed by atoms with Gasteiger partial charge < -0.3 is 10.6 Å². The summed E-state index contributed by atoms with van der Waals surface area (Å²) in [5.74, 6) is 0.741. The topological polar surface area (TPSA) is 54.0 Å². The van der Waals surface area contributed by atoms with Crippen molar-refractivity contribution >= 4 is 5.91 Å². The second-order valence-corrected chi connectivity index (χ2v) is 4.88. The Morgan fingerprint density at radius 1 is 1.56 bits per heavy atom. The number of aryl methyl sites for hydroxylation is 1. The van der Waals surface area contributed by atoms with Crippen molar-refractivity contribution in [2.75, 3.05) is 19.6 Å². The number of aromatic nitrogens is 1. The van der Waals surface area contributed by atoms with Crippen molar-refractivity contribution in [1.29, 1.82) is 0 Å². The number of carbonyl (C=O) groups is 1. The number of piperidine rings is 1. The Bertz CT molecular complexity index is 361. The average Bonchev–Trinajstić information content (AvgIpc) is 2.45. The van der Waals surface area contributed by atoms with Crippen LogP contribution in [0.15, 0.2) is 24.5 Å². The smallest absolute Gasteiger partial charge is 0.220 e. The second kappa shape index (κ2) is 7.11. The summed E-state index contributed by atoms with van der Waals surface area (Å²) in [7, 11) is 0. The molecule has 0 aromatic carbocycles. The van der Waals surface area contributed by atoms with Crippen LogP contribution in [0, 0.1) is 5.92 Å². The number of nitrogens with zero attached hydrogens (tertiary/aromatic N) is 1. The van der Waals surface area contributed by atoms with Gasteiger partial charge in [-0.05, 0) is 49.9 Å². The Balaban J connectivity index is 1.63. The molecule has 4 nitrogen and oxygen atoms in total. The minimum atomic E-state index is 0.143. The fourth-order valence-electron chi connectivity index (χ4n) is 2.25. The average molecular weight is 247 g/mol. The van der Waals surface area contributed by atoms with Crippen LogP contribution in [0.3, 0.4) is 0 Å². The molecule has 2 rings (SSSR count). The van der Waals surface area contributed by atoms with Crippen molar-refractivity contribution in [2.45, 2.75) is 25.7 Å². The normalized spacial score (nSPS) is 19.4. The van der Waals surface area contributed by atoms with E-state index in [0.717, 1.165) is 31.6 Å². The molecule has 1 unspecified atom stereocenters. The molecule has 1 aromatic rings. The number of hydrogen-bond acceptors (Lipinski definition) is 3. The van der Waals surface area contributed by atoms with Crippen molar-refractivity contribution in [3.8, 4) is 0 Å². The lowest BCUT2D eigenvalue weighted by Crippen LogP contribution is -2.38. The van der Waals surface area contributed by atoms with E-state index in [2.05, 4.69) is 15.6 Å². The molecule has 0 aliphatic carbocycles. The molecule has 18 heavy (non-hydrogen) atoms. The predicted octanol–water partition coefficient (Wildman–Crippen LogP) is 1.13. The van der Waals surface area contributed by atoms with Crippen LogP contribution < -0.4 is 10.6 Å². The molecule has 0 saturated carbocycles. The van der Waals surface area contributed by atoms with Crippen LogP contribution in [0.2, 0.25) is 0 Å². The summed E-state index contributed by atoms with van der Waals surface area (Å²) in [6.45, 7) is 2.95. The highest BCUT2D eigenvalue weighted by Gasteiger charge is 2.13. The van der Waals surface area contributed by atoms with Crippen LogP contribution in [0.1, 0.15) is 24.8 Å². The van der Waals surface area contributed by atoms with E-state index in [9.17, 15) is 4.79 Å². The van der Waals surface area contributed by atoms with Gasteiger partial charge in [-0.1, -0.05) is 6.07 Å². The predicted molar refractivity (Wildman–Crippen MR) is 71.2 cm³/mol. The van der Waals surface area contributed by atoms with Gasteiger partial charge in [0, 0.05) is 25.4 Å². The molecule has 0 bridgehead atoms. The van der Waals surface area contributed by atoms with E-state index in [1.54, 1.807) is 6.20 Å².